The van der Waals surface area contributed by atoms with Crippen LogP contribution in [0.5, 0.6) is 0 Å². The Bertz CT molecular complexity index is 831. The SMILES string of the molecule is Cc1ccc(C(=O)NCCC(C)C)cc1S(=O)(=O)Nc1ccccc1. The average Bonchev–Trinajstić information content (AvgIpc) is 2.55. The summed E-state index contributed by atoms with van der Waals surface area (Å²) in [4.78, 5) is 12.4. The molecule has 25 heavy (non-hydrogen) atoms. The van der Waals surface area contributed by atoms with E-state index >= 15 is 0 Å². The van der Waals surface area contributed by atoms with Crippen molar-refractivity contribution in [2.75, 3.05) is 11.3 Å². The second-order valence-corrected chi connectivity index (χ2v) is 8.04. The maximum atomic E-state index is 12.7. The van der Waals surface area contributed by atoms with Crippen LogP contribution in [0.1, 0.15) is 36.2 Å². The summed E-state index contributed by atoms with van der Waals surface area (Å²) in [7, 11) is -3.76. The monoisotopic (exact) mass is 360 g/mol. The van der Waals surface area contributed by atoms with Gasteiger partial charge in [0.25, 0.3) is 15.9 Å². The highest BCUT2D eigenvalue weighted by Crippen LogP contribution is 2.20. The Morgan fingerprint density at radius 1 is 1.08 bits per heavy atom. The van der Waals surface area contributed by atoms with Gasteiger partial charge in [0.05, 0.1) is 4.90 Å². The fourth-order valence-electron chi connectivity index (χ4n) is 2.32. The van der Waals surface area contributed by atoms with E-state index in [-0.39, 0.29) is 10.8 Å². The summed E-state index contributed by atoms with van der Waals surface area (Å²) in [6.45, 7) is 6.44. The third kappa shape index (κ3) is 5.32. The van der Waals surface area contributed by atoms with Crippen LogP contribution in [0.15, 0.2) is 53.4 Å². The number of para-hydroxylation sites is 1. The van der Waals surface area contributed by atoms with Crippen molar-refractivity contribution in [3.8, 4) is 0 Å². The number of benzene rings is 2. The van der Waals surface area contributed by atoms with Gasteiger partial charge < -0.3 is 5.32 Å². The van der Waals surface area contributed by atoms with Crippen molar-refractivity contribution in [2.24, 2.45) is 5.92 Å². The number of nitrogens with one attached hydrogen (secondary N) is 2. The minimum absolute atomic E-state index is 0.105. The number of carbonyl (C=O) groups is 1. The molecule has 0 aliphatic carbocycles. The van der Waals surface area contributed by atoms with Crippen LogP contribution in [0.25, 0.3) is 0 Å². The zero-order valence-corrected chi connectivity index (χ0v) is 15.6. The number of hydrogen-bond acceptors (Lipinski definition) is 3. The molecule has 0 atom stereocenters. The Morgan fingerprint density at radius 2 is 1.76 bits per heavy atom. The molecule has 2 N–H and O–H groups in total. The van der Waals surface area contributed by atoms with E-state index in [2.05, 4.69) is 23.9 Å². The lowest BCUT2D eigenvalue weighted by atomic mass is 10.1. The van der Waals surface area contributed by atoms with E-state index < -0.39 is 10.0 Å². The predicted octanol–water partition coefficient (Wildman–Crippen LogP) is 3.57. The molecule has 0 aliphatic rings. The maximum Gasteiger partial charge on any atom is 0.262 e. The Balaban J connectivity index is 2.22. The number of hydrogen-bond donors (Lipinski definition) is 2. The van der Waals surface area contributed by atoms with Gasteiger partial charge in [-0.05, 0) is 49.1 Å². The van der Waals surface area contributed by atoms with Gasteiger partial charge in [-0.1, -0.05) is 38.1 Å². The topological polar surface area (TPSA) is 75.3 Å². The first-order chi connectivity index (χ1) is 11.8. The molecule has 2 aromatic rings. The van der Waals surface area contributed by atoms with Crippen molar-refractivity contribution in [1.82, 2.24) is 5.32 Å². The average molecular weight is 360 g/mol. The Hall–Kier alpha value is -2.34. The quantitative estimate of drug-likeness (QED) is 0.792. The first-order valence-corrected chi connectivity index (χ1v) is 9.74. The molecular formula is C19H24N2O3S. The van der Waals surface area contributed by atoms with E-state index in [0.29, 0.717) is 29.3 Å². The lowest BCUT2D eigenvalue weighted by Crippen LogP contribution is -2.26. The molecule has 6 heteroatoms. The largest absolute Gasteiger partial charge is 0.352 e. The fraction of sp³-hybridized carbons (Fsp3) is 0.316. The van der Waals surface area contributed by atoms with Crippen LogP contribution in [0.2, 0.25) is 0 Å². The van der Waals surface area contributed by atoms with Gasteiger partial charge in [-0.25, -0.2) is 8.42 Å². The fourth-order valence-corrected chi connectivity index (χ4v) is 3.65. The molecule has 134 valence electrons. The molecule has 2 aromatic carbocycles. The van der Waals surface area contributed by atoms with Crippen LogP contribution < -0.4 is 10.0 Å². The smallest absolute Gasteiger partial charge is 0.262 e. The summed E-state index contributed by atoms with van der Waals surface area (Å²) >= 11 is 0. The van der Waals surface area contributed by atoms with Crippen molar-refractivity contribution in [3.05, 3.63) is 59.7 Å². The molecule has 0 unspecified atom stereocenters. The highest BCUT2D eigenvalue weighted by molar-refractivity contribution is 7.92. The normalized spacial score (nSPS) is 11.4. The predicted molar refractivity (Wildman–Crippen MR) is 100 cm³/mol. The van der Waals surface area contributed by atoms with Gasteiger partial charge >= 0.3 is 0 Å². The lowest BCUT2D eigenvalue weighted by Gasteiger charge is -2.12. The van der Waals surface area contributed by atoms with Crippen molar-refractivity contribution in [3.63, 3.8) is 0 Å². The third-order valence-corrected chi connectivity index (χ3v) is 5.30. The molecule has 0 aromatic heterocycles. The summed E-state index contributed by atoms with van der Waals surface area (Å²) in [6, 6.07) is 13.4. The third-order valence-electron chi connectivity index (χ3n) is 3.77. The van der Waals surface area contributed by atoms with Crippen LogP contribution >= 0.6 is 0 Å². The molecule has 5 nitrogen and oxygen atoms in total. The Labute approximate surface area is 149 Å². The molecule has 0 spiro atoms. The van der Waals surface area contributed by atoms with Crippen LogP contribution in [0.3, 0.4) is 0 Å². The van der Waals surface area contributed by atoms with Gasteiger partial charge in [0, 0.05) is 17.8 Å². The van der Waals surface area contributed by atoms with E-state index in [0.717, 1.165) is 6.42 Å². The number of carbonyl (C=O) groups excluding carboxylic acids is 1. The van der Waals surface area contributed by atoms with Gasteiger partial charge in [-0.2, -0.15) is 0 Å². The first-order valence-electron chi connectivity index (χ1n) is 8.26. The number of sulfonamides is 1. The zero-order chi connectivity index (χ0) is 18.4. The second-order valence-electron chi connectivity index (χ2n) is 6.39. The van der Waals surface area contributed by atoms with Gasteiger partial charge in [-0.15, -0.1) is 0 Å². The van der Waals surface area contributed by atoms with Crippen LogP contribution in [0, 0.1) is 12.8 Å². The van der Waals surface area contributed by atoms with Crippen LogP contribution in [-0.4, -0.2) is 20.9 Å². The summed E-state index contributed by atoms with van der Waals surface area (Å²) < 4.78 is 27.9. The van der Waals surface area contributed by atoms with Crippen LogP contribution in [0.4, 0.5) is 5.69 Å². The summed E-state index contributed by atoms with van der Waals surface area (Å²) in [5.41, 5.74) is 1.40. The molecule has 0 saturated carbocycles. The number of amides is 1. The van der Waals surface area contributed by atoms with Crippen molar-refractivity contribution >= 4 is 21.6 Å². The number of anilines is 1. The van der Waals surface area contributed by atoms with E-state index in [1.54, 1.807) is 43.3 Å². The molecular weight excluding hydrogens is 336 g/mol. The van der Waals surface area contributed by atoms with Gasteiger partial charge in [0.2, 0.25) is 0 Å². The maximum absolute atomic E-state index is 12.7. The van der Waals surface area contributed by atoms with Gasteiger partial charge in [0.15, 0.2) is 0 Å². The Morgan fingerprint density at radius 3 is 2.40 bits per heavy atom. The molecule has 0 heterocycles. The highest BCUT2D eigenvalue weighted by Gasteiger charge is 2.19. The number of aryl methyl sites for hydroxylation is 1. The van der Waals surface area contributed by atoms with E-state index in [1.807, 2.05) is 6.07 Å². The molecule has 0 aliphatic heterocycles. The minimum Gasteiger partial charge on any atom is -0.352 e. The van der Waals surface area contributed by atoms with E-state index in [4.69, 9.17) is 0 Å². The second kappa shape index (κ2) is 8.16. The van der Waals surface area contributed by atoms with Crippen LogP contribution in [-0.2, 0) is 10.0 Å². The number of rotatable bonds is 7. The first kappa shape index (κ1) is 19.0. The molecule has 2 rings (SSSR count). The van der Waals surface area contributed by atoms with E-state index in [9.17, 15) is 13.2 Å². The van der Waals surface area contributed by atoms with Crippen molar-refractivity contribution < 1.29 is 13.2 Å². The molecule has 0 fully saturated rings. The van der Waals surface area contributed by atoms with Crippen molar-refractivity contribution in [2.45, 2.75) is 32.1 Å². The molecule has 0 radical (unpaired) electrons. The standard InChI is InChI=1S/C19H24N2O3S/c1-14(2)11-12-20-19(22)16-10-9-15(3)18(13-16)25(23,24)21-17-7-5-4-6-8-17/h4-10,13-14,21H,11-12H2,1-3H3,(H,20,22). The summed E-state index contributed by atoms with van der Waals surface area (Å²) in [6.07, 6.45) is 0.873. The molecule has 0 bridgehead atoms. The molecule has 1 amide bonds. The Kier molecular flexibility index (Phi) is 6.20. The zero-order valence-electron chi connectivity index (χ0n) is 14.7. The van der Waals surface area contributed by atoms with Gasteiger partial charge in [0.1, 0.15) is 0 Å². The lowest BCUT2D eigenvalue weighted by molar-refractivity contribution is 0.0952. The van der Waals surface area contributed by atoms with E-state index in [1.165, 1.54) is 6.07 Å². The van der Waals surface area contributed by atoms with Gasteiger partial charge in [-0.3, -0.25) is 9.52 Å². The summed E-state index contributed by atoms with van der Waals surface area (Å²) in [5.74, 6) is 0.223. The minimum atomic E-state index is -3.76. The highest BCUT2D eigenvalue weighted by atomic mass is 32.2. The van der Waals surface area contributed by atoms with Crippen molar-refractivity contribution in [1.29, 1.82) is 0 Å². The molecule has 0 saturated heterocycles. The summed E-state index contributed by atoms with van der Waals surface area (Å²) in [5, 5.41) is 2.82.